The van der Waals surface area contributed by atoms with Gasteiger partial charge in [0, 0.05) is 18.8 Å². The van der Waals surface area contributed by atoms with Crippen LogP contribution in [-0.2, 0) is 19.6 Å². The molecule has 1 atom stereocenters. The van der Waals surface area contributed by atoms with Crippen molar-refractivity contribution in [1.82, 2.24) is 4.31 Å². The van der Waals surface area contributed by atoms with Crippen LogP contribution < -0.4 is 10.1 Å². The van der Waals surface area contributed by atoms with Gasteiger partial charge in [0.05, 0.1) is 12.7 Å². The van der Waals surface area contributed by atoms with Gasteiger partial charge < -0.3 is 14.8 Å². The summed E-state index contributed by atoms with van der Waals surface area (Å²) in [5, 5.41) is 2.64. The molecule has 1 N–H and O–H groups in total. The molecule has 8 nitrogen and oxygen atoms in total. The Bertz CT molecular complexity index is 988. The summed E-state index contributed by atoms with van der Waals surface area (Å²) in [6.45, 7) is 5.42. The predicted octanol–water partition coefficient (Wildman–Crippen LogP) is 2.91. The number of anilines is 1. The Labute approximate surface area is 176 Å². The van der Waals surface area contributed by atoms with Crippen molar-refractivity contribution < 1.29 is 27.5 Å². The molecule has 2 rings (SSSR count). The number of hydrogen-bond acceptors (Lipinski definition) is 6. The first-order valence-electron chi connectivity index (χ1n) is 9.49. The lowest BCUT2D eigenvalue weighted by atomic mass is 10.2. The first-order valence-corrected chi connectivity index (χ1v) is 10.9. The van der Waals surface area contributed by atoms with Gasteiger partial charge in [-0.25, -0.2) is 13.2 Å². The lowest BCUT2D eigenvalue weighted by molar-refractivity contribution is -0.123. The summed E-state index contributed by atoms with van der Waals surface area (Å²) in [4.78, 5) is 24.7. The third kappa shape index (κ3) is 5.37. The Morgan fingerprint density at radius 3 is 2.27 bits per heavy atom. The highest BCUT2D eigenvalue weighted by Crippen LogP contribution is 2.28. The van der Waals surface area contributed by atoms with E-state index in [2.05, 4.69) is 5.32 Å². The number of ether oxygens (including phenoxy) is 2. The van der Waals surface area contributed by atoms with Crippen molar-refractivity contribution in [2.24, 2.45) is 0 Å². The number of esters is 1. The number of amides is 1. The van der Waals surface area contributed by atoms with E-state index in [9.17, 15) is 18.0 Å². The van der Waals surface area contributed by atoms with E-state index in [0.717, 1.165) is 0 Å². The minimum Gasteiger partial charge on any atom is -0.495 e. The number of hydrogen-bond donors (Lipinski definition) is 1. The summed E-state index contributed by atoms with van der Waals surface area (Å²) in [6, 6.07) is 12.7. The molecule has 2 aromatic rings. The summed E-state index contributed by atoms with van der Waals surface area (Å²) in [5.41, 5.74) is 0.573. The van der Waals surface area contributed by atoms with Gasteiger partial charge in [-0.1, -0.05) is 32.0 Å². The SMILES string of the molecule is CCN(CC)S(=O)(=O)c1cc(C(=O)OC(C)C(=O)Nc2ccccc2)ccc1OC. The van der Waals surface area contributed by atoms with Gasteiger partial charge in [-0.2, -0.15) is 4.31 Å². The number of carbonyl (C=O) groups excluding carboxylic acids is 2. The molecule has 0 radical (unpaired) electrons. The van der Waals surface area contributed by atoms with E-state index in [0.29, 0.717) is 5.69 Å². The highest BCUT2D eigenvalue weighted by molar-refractivity contribution is 7.89. The molecule has 2 aromatic carbocycles. The average molecular weight is 435 g/mol. The molecule has 1 amide bonds. The molecule has 0 fully saturated rings. The minimum atomic E-state index is -3.86. The number of benzene rings is 2. The Hall–Kier alpha value is -2.91. The van der Waals surface area contributed by atoms with Gasteiger partial charge in [0.15, 0.2) is 6.10 Å². The zero-order chi connectivity index (χ0) is 22.3. The topological polar surface area (TPSA) is 102 Å². The number of nitrogens with zero attached hydrogens (tertiary/aromatic N) is 1. The lowest BCUT2D eigenvalue weighted by Crippen LogP contribution is -2.31. The predicted molar refractivity (Wildman–Crippen MR) is 113 cm³/mol. The molecule has 0 saturated heterocycles. The van der Waals surface area contributed by atoms with Crippen molar-refractivity contribution >= 4 is 27.6 Å². The van der Waals surface area contributed by atoms with Crippen molar-refractivity contribution in [1.29, 1.82) is 0 Å². The van der Waals surface area contributed by atoms with Crippen LogP contribution >= 0.6 is 0 Å². The summed E-state index contributed by atoms with van der Waals surface area (Å²) < 4.78 is 37.5. The van der Waals surface area contributed by atoms with Gasteiger partial charge in [0.25, 0.3) is 5.91 Å². The van der Waals surface area contributed by atoms with Crippen LogP contribution in [0.3, 0.4) is 0 Å². The average Bonchev–Trinajstić information content (AvgIpc) is 2.74. The zero-order valence-corrected chi connectivity index (χ0v) is 18.2. The third-order valence-corrected chi connectivity index (χ3v) is 6.49. The smallest absolute Gasteiger partial charge is 0.338 e. The maximum Gasteiger partial charge on any atom is 0.338 e. The van der Waals surface area contributed by atoms with Crippen LogP contribution in [0.4, 0.5) is 5.69 Å². The van der Waals surface area contributed by atoms with Gasteiger partial charge in [-0.15, -0.1) is 0 Å². The van der Waals surface area contributed by atoms with E-state index in [1.54, 1.807) is 38.1 Å². The normalized spacial score (nSPS) is 12.3. The van der Waals surface area contributed by atoms with Crippen LogP contribution in [0.2, 0.25) is 0 Å². The molecule has 0 bridgehead atoms. The van der Waals surface area contributed by atoms with Crippen LogP contribution in [0.5, 0.6) is 5.75 Å². The fourth-order valence-electron chi connectivity index (χ4n) is 2.76. The van der Waals surface area contributed by atoms with Gasteiger partial charge in [0.1, 0.15) is 10.6 Å². The lowest BCUT2D eigenvalue weighted by Gasteiger charge is -2.20. The van der Waals surface area contributed by atoms with E-state index < -0.39 is 28.0 Å². The van der Waals surface area contributed by atoms with Crippen LogP contribution in [-0.4, -0.2) is 50.9 Å². The van der Waals surface area contributed by atoms with Crippen LogP contribution in [0.15, 0.2) is 53.4 Å². The molecule has 0 aliphatic rings. The number of methoxy groups -OCH3 is 1. The van der Waals surface area contributed by atoms with Gasteiger partial charge in [0.2, 0.25) is 10.0 Å². The number of carbonyl (C=O) groups is 2. The van der Waals surface area contributed by atoms with Gasteiger partial charge in [-0.05, 0) is 37.3 Å². The third-order valence-electron chi connectivity index (χ3n) is 4.42. The van der Waals surface area contributed by atoms with Crippen molar-refractivity contribution in [3.63, 3.8) is 0 Å². The monoisotopic (exact) mass is 434 g/mol. The number of sulfonamides is 1. The highest BCUT2D eigenvalue weighted by Gasteiger charge is 2.28. The molecule has 9 heteroatoms. The van der Waals surface area contributed by atoms with Crippen LogP contribution in [0.25, 0.3) is 0 Å². The second kappa shape index (κ2) is 10.2. The van der Waals surface area contributed by atoms with E-state index in [4.69, 9.17) is 9.47 Å². The van der Waals surface area contributed by atoms with E-state index in [-0.39, 0.29) is 29.3 Å². The molecule has 30 heavy (non-hydrogen) atoms. The Morgan fingerprint density at radius 1 is 1.07 bits per heavy atom. The van der Waals surface area contributed by atoms with E-state index in [1.165, 1.54) is 36.5 Å². The second-order valence-electron chi connectivity index (χ2n) is 6.36. The standard InChI is InChI=1S/C21H26N2O6S/c1-5-23(6-2)30(26,27)19-14-16(12-13-18(19)28-4)21(25)29-15(3)20(24)22-17-10-8-7-9-11-17/h7-15H,5-6H2,1-4H3,(H,22,24). The Kier molecular flexibility index (Phi) is 7.96. The van der Waals surface area contributed by atoms with Crippen molar-refractivity contribution in [3.8, 4) is 5.75 Å². The maximum atomic E-state index is 12.9. The molecule has 0 spiro atoms. The fraction of sp³-hybridized carbons (Fsp3) is 0.333. The van der Waals surface area contributed by atoms with E-state index in [1.807, 2.05) is 6.07 Å². The Balaban J connectivity index is 2.22. The minimum absolute atomic E-state index is 0.000826. The van der Waals surface area contributed by atoms with Gasteiger partial charge in [-0.3, -0.25) is 4.79 Å². The first-order chi connectivity index (χ1) is 14.2. The number of nitrogens with one attached hydrogen (secondary N) is 1. The first kappa shape index (κ1) is 23.4. The number of para-hydroxylation sites is 1. The van der Waals surface area contributed by atoms with Crippen molar-refractivity contribution in [2.75, 3.05) is 25.5 Å². The largest absolute Gasteiger partial charge is 0.495 e. The molecule has 0 aliphatic carbocycles. The summed E-state index contributed by atoms with van der Waals surface area (Å²) in [6.07, 6.45) is -1.08. The molecular formula is C21H26N2O6S. The van der Waals surface area contributed by atoms with Crippen molar-refractivity contribution in [3.05, 3.63) is 54.1 Å². The maximum absolute atomic E-state index is 12.9. The summed E-state index contributed by atoms with van der Waals surface area (Å²) >= 11 is 0. The summed E-state index contributed by atoms with van der Waals surface area (Å²) in [5.74, 6) is -1.20. The van der Waals surface area contributed by atoms with Crippen LogP contribution in [0, 0.1) is 0 Å². The zero-order valence-electron chi connectivity index (χ0n) is 17.4. The summed E-state index contributed by atoms with van der Waals surface area (Å²) in [7, 11) is -2.51. The molecule has 1 unspecified atom stereocenters. The van der Waals surface area contributed by atoms with Crippen molar-refractivity contribution in [2.45, 2.75) is 31.8 Å². The molecule has 0 aliphatic heterocycles. The van der Waals surface area contributed by atoms with Gasteiger partial charge >= 0.3 is 5.97 Å². The molecule has 162 valence electrons. The van der Waals surface area contributed by atoms with E-state index >= 15 is 0 Å². The van der Waals surface area contributed by atoms with Crippen LogP contribution in [0.1, 0.15) is 31.1 Å². The molecule has 0 heterocycles. The fourth-order valence-corrected chi connectivity index (χ4v) is 4.39. The number of rotatable bonds is 9. The highest BCUT2D eigenvalue weighted by atomic mass is 32.2. The molecular weight excluding hydrogens is 408 g/mol. The molecule has 0 saturated carbocycles. The quantitative estimate of drug-likeness (QED) is 0.609. The Morgan fingerprint density at radius 2 is 1.70 bits per heavy atom. The molecule has 0 aromatic heterocycles. The second-order valence-corrected chi connectivity index (χ2v) is 8.26.